The molecule has 144 valence electrons. The maximum Gasteiger partial charge on any atom is 0.341 e. The number of hydrogen-bond acceptors (Lipinski definition) is 5. The molecule has 1 aliphatic rings. The number of rotatable bonds is 6. The Balaban J connectivity index is 1.83. The van der Waals surface area contributed by atoms with Gasteiger partial charge in [0.1, 0.15) is 5.00 Å². The van der Waals surface area contributed by atoms with Crippen molar-refractivity contribution in [3.63, 3.8) is 0 Å². The normalized spacial score (nSPS) is 16.3. The molecule has 6 nitrogen and oxygen atoms in total. The third-order valence-electron chi connectivity index (χ3n) is 4.81. The summed E-state index contributed by atoms with van der Waals surface area (Å²) in [4.78, 5) is 26.1. The topological polar surface area (TPSA) is 73.2 Å². The second-order valence-electron chi connectivity index (χ2n) is 6.72. The van der Waals surface area contributed by atoms with Gasteiger partial charge in [-0.15, -0.1) is 11.3 Å². The number of fused-ring (bicyclic) bond motifs is 1. The number of thiophene rings is 1. The minimum Gasteiger partial charge on any atom is -0.462 e. The summed E-state index contributed by atoms with van der Waals surface area (Å²) >= 11 is 1.51. The zero-order chi connectivity index (χ0) is 19.4. The number of ether oxygens (including phenoxy) is 1. The lowest BCUT2D eigenvalue weighted by Gasteiger charge is -2.20. The van der Waals surface area contributed by atoms with E-state index in [1.807, 2.05) is 13.2 Å². The first kappa shape index (κ1) is 19.4. The second kappa shape index (κ2) is 8.52. The molecule has 0 aliphatic heterocycles. The molecule has 0 spiro atoms. The molecule has 0 bridgehead atoms. The third-order valence-corrected chi connectivity index (χ3v) is 5.98. The molecule has 3 rings (SSSR count). The Morgan fingerprint density at radius 1 is 1.44 bits per heavy atom. The molecule has 27 heavy (non-hydrogen) atoms. The van der Waals surface area contributed by atoms with E-state index in [0.717, 1.165) is 36.8 Å². The molecule has 1 atom stereocenters. The number of amides is 1. The van der Waals surface area contributed by atoms with Crippen LogP contribution < -0.4 is 5.32 Å². The van der Waals surface area contributed by atoms with Crippen LogP contribution in [-0.2, 0) is 29.4 Å². The molecule has 0 radical (unpaired) electrons. The van der Waals surface area contributed by atoms with Crippen LogP contribution in [0.15, 0.2) is 18.5 Å². The van der Waals surface area contributed by atoms with Crippen molar-refractivity contribution in [2.45, 2.75) is 39.5 Å². The summed E-state index contributed by atoms with van der Waals surface area (Å²) < 4.78 is 6.92. The highest BCUT2D eigenvalue weighted by atomic mass is 32.1. The lowest BCUT2D eigenvalue weighted by atomic mass is 9.85. The minimum atomic E-state index is -0.350. The molecular formula is C20H25N3O3S. The average Bonchev–Trinajstić information content (AvgIpc) is 3.22. The Morgan fingerprint density at radius 2 is 2.26 bits per heavy atom. The summed E-state index contributed by atoms with van der Waals surface area (Å²) in [5.41, 5.74) is 2.43. The van der Waals surface area contributed by atoms with Gasteiger partial charge in [0.25, 0.3) is 0 Å². The molecule has 2 aromatic heterocycles. The first-order valence-corrected chi connectivity index (χ1v) is 10.1. The second-order valence-corrected chi connectivity index (χ2v) is 7.82. The van der Waals surface area contributed by atoms with E-state index < -0.39 is 0 Å². The number of nitrogens with one attached hydrogen (secondary N) is 1. The molecule has 1 aliphatic carbocycles. The van der Waals surface area contributed by atoms with Gasteiger partial charge in [0.05, 0.1) is 18.4 Å². The number of carbonyl (C=O) groups excluding carboxylic acids is 2. The molecule has 2 heterocycles. The van der Waals surface area contributed by atoms with Gasteiger partial charge in [-0.25, -0.2) is 4.79 Å². The number of carbonyl (C=O) groups is 2. The zero-order valence-electron chi connectivity index (χ0n) is 15.9. The van der Waals surface area contributed by atoms with Gasteiger partial charge in [0, 0.05) is 29.8 Å². The van der Waals surface area contributed by atoms with E-state index in [4.69, 9.17) is 4.74 Å². The number of aromatic nitrogens is 2. The maximum atomic E-state index is 12.5. The number of anilines is 1. The van der Waals surface area contributed by atoms with Crippen LogP contribution in [0.5, 0.6) is 0 Å². The fourth-order valence-corrected chi connectivity index (χ4v) is 4.71. The Kier molecular flexibility index (Phi) is 6.11. The maximum absolute atomic E-state index is 12.5. The highest BCUT2D eigenvalue weighted by Gasteiger charge is 2.29. The number of aryl methyl sites for hydroxylation is 1. The zero-order valence-corrected chi connectivity index (χ0v) is 16.8. The van der Waals surface area contributed by atoms with Crippen LogP contribution in [0.3, 0.4) is 0 Å². The molecular weight excluding hydrogens is 362 g/mol. The van der Waals surface area contributed by atoms with Crippen LogP contribution in [0.1, 0.15) is 53.1 Å². The average molecular weight is 388 g/mol. The predicted octanol–water partition coefficient (Wildman–Crippen LogP) is 3.83. The monoisotopic (exact) mass is 387 g/mol. The fourth-order valence-electron chi connectivity index (χ4n) is 3.36. The van der Waals surface area contributed by atoms with E-state index in [2.05, 4.69) is 17.3 Å². The van der Waals surface area contributed by atoms with Crippen LogP contribution in [-0.4, -0.2) is 28.3 Å². The third kappa shape index (κ3) is 4.47. The summed E-state index contributed by atoms with van der Waals surface area (Å²) in [6.45, 7) is 4.30. The molecule has 0 aromatic carbocycles. The highest BCUT2D eigenvalue weighted by Crippen LogP contribution is 2.40. The van der Waals surface area contributed by atoms with Crippen LogP contribution >= 0.6 is 11.3 Å². The van der Waals surface area contributed by atoms with Crippen molar-refractivity contribution in [1.82, 2.24) is 9.78 Å². The smallest absolute Gasteiger partial charge is 0.341 e. The summed E-state index contributed by atoms with van der Waals surface area (Å²) in [5.74, 6) is 0.0201. The van der Waals surface area contributed by atoms with E-state index >= 15 is 0 Å². The first-order valence-electron chi connectivity index (χ1n) is 9.31. The van der Waals surface area contributed by atoms with Crippen molar-refractivity contribution in [2.24, 2.45) is 13.0 Å². The largest absolute Gasteiger partial charge is 0.462 e. The molecule has 1 N–H and O–H groups in total. The van der Waals surface area contributed by atoms with Crippen molar-refractivity contribution in [2.75, 3.05) is 11.9 Å². The van der Waals surface area contributed by atoms with Crippen molar-refractivity contribution in [1.29, 1.82) is 0 Å². The molecule has 0 saturated carbocycles. The highest BCUT2D eigenvalue weighted by molar-refractivity contribution is 7.17. The van der Waals surface area contributed by atoms with Crippen LogP contribution in [0.4, 0.5) is 5.00 Å². The van der Waals surface area contributed by atoms with Crippen molar-refractivity contribution < 1.29 is 14.3 Å². The summed E-state index contributed by atoms with van der Waals surface area (Å²) in [7, 11) is 1.82. The van der Waals surface area contributed by atoms with E-state index in [1.54, 1.807) is 23.9 Å². The van der Waals surface area contributed by atoms with Gasteiger partial charge in [0.2, 0.25) is 5.91 Å². The quantitative estimate of drug-likeness (QED) is 0.604. The Bertz CT molecular complexity index is 866. The van der Waals surface area contributed by atoms with Crippen LogP contribution in [0, 0.1) is 5.92 Å². The standard InChI is InChI=1S/C20H25N3O3S/c1-4-13-6-8-15-16(10-13)27-19(18(15)20(25)26-5-2)22-17(24)9-7-14-11-21-23(3)12-14/h7,9,11-13H,4-6,8,10H2,1-3H3,(H,22,24)/b9-7+/t13-/m0/s1. The van der Waals surface area contributed by atoms with Gasteiger partial charge in [-0.1, -0.05) is 13.3 Å². The number of hydrogen-bond donors (Lipinski definition) is 1. The Morgan fingerprint density at radius 3 is 2.93 bits per heavy atom. The van der Waals surface area contributed by atoms with Gasteiger partial charge < -0.3 is 10.1 Å². The molecule has 1 amide bonds. The molecule has 2 aromatic rings. The van der Waals surface area contributed by atoms with Crippen LogP contribution in [0.2, 0.25) is 0 Å². The lowest BCUT2D eigenvalue weighted by Crippen LogP contribution is -2.16. The Labute approximate surface area is 163 Å². The van der Waals surface area contributed by atoms with Gasteiger partial charge >= 0.3 is 5.97 Å². The van der Waals surface area contributed by atoms with Gasteiger partial charge in [-0.2, -0.15) is 5.10 Å². The van der Waals surface area contributed by atoms with E-state index in [0.29, 0.717) is 23.1 Å². The summed E-state index contributed by atoms with van der Waals surface area (Å²) in [6, 6.07) is 0. The Hall–Kier alpha value is -2.41. The van der Waals surface area contributed by atoms with Gasteiger partial charge in [-0.05, 0) is 43.7 Å². The number of esters is 1. The van der Waals surface area contributed by atoms with E-state index in [1.165, 1.54) is 22.3 Å². The van der Waals surface area contributed by atoms with Crippen molar-refractivity contribution in [3.8, 4) is 0 Å². The minimum absolute atomic E-state index is 0.268. The summed E-state index contributed by atoms with van der Waals surface area (Å²) in [5, 5.41) is 7.55. The SMILES string of the molecule is CCOC(=O)c1c(NC(=O)/C=C/c2cnn(C)c2)sc2c1CC[C@H](CC)C2. The fraction of sp³-hybridized carbons (Fsp3) is 0.450. The molecule has 7 heteroatoms. The predicted molar refractivity (Wildman–Crippen MR) is 107 cm³/mol. The first-order chi connectivity index (χ1) is 13.0. The van der Waals surface area contributed by atoms with Gasteiger partial charge in [-0.3, -0.25) is 9.48 Å². The van der Waals surface area contributed by atoms with E-state index in [-0.39, 0.29) is 11.9 Å². The van der Waals surface area contributed by atoms with Gasteiger partial charge in [0.15, 0.2) is 0 Å². The van der Waals surface area contributed by atoms with E-state index in [9.17, 15) is 9.59 Å². The number of nitrogens with zero attached hydrogens (tertiary/aromatic N) is 2. The molecule has 0 unspecified atom stereocenters. The molecule has 0 saturated heterocycles. The van der Waals surface area contributed by atoms with Crippen molar-refractivity contribution in [3.05, 3.63) is 40.0 Å². The van der Waals surface area contributed by atoms with Crippen molar-refractivity contribution >= 4 is 34.3 Å². The lowest BCUT2D eigenvalue weighted by molar-refractivity contribution is -0.111. The van der Waals surface area contributed by atoms with Crippen LogP contribution in [0.25, 0.3) is 6.08 Å². The summed E-state index contributed by atoms with van der Waals surface area (Å²) in [6.07, 6.45) is 10.7. The molecule has 0 fully saturated rings.